The molecule has 148 valence electrons. The highest BCUT2D eigenvalue weighted by molar-refractivity contribution is 7.89. The first-order chi connectivity index (χ1) is 13.8. The highest BCUT2D eigenvalue weighted by Crippen LogP contribution is 2.23. The van der Waals surface area contributed by atoms with E-state index in [0.717, 1.165) is 11.1 Å². The Balaban J connectivity index is 1.84. The Bertz CT molecular complexity index is 1190. The van der Waals surface area contributed by atoms with Gasteiger partial charge in [0, 0.05) is 18.4 Å². The Morgan fingerprint density at radius 3 is 2.45 bits per heavy atom. The zero-order valence-electron chi connectivity index (χ0n) is 15.2. The van der Waals surface area contributed by atoms with Crippen LogP contribution in [0.3, 0.4) is 0 Å². The van der Waals surface area contributed by atoms with Crippen molar-refractivity contribution in [2.75, 3.05) is 5.32 Å². The van der Waals surface area contributed by atoms with E-state index >= 15 is 0 Å². The number of benzene rings is 2. The summed E-state index contributed by atoms with van der Waals surface area (Å²) in [6.45, 7) is 0.418. The molecule has 0 saturated carbocycles. The molecule has 0 aliphatic rings. The number of nitrogens with zero attached hydrogens (tertiary/aromatic N) is 3. The molecule has 0 unspecified atom stereocenters. The van der Waals surface area contributed by atoms with E-state index in [-0.39, 0.29) is 34.2 Å². The molecule has 0 bridgehead atoms. The summed E-state index contributed by atoms with van der Waals surface area (Å²) in [6, 6.07) is 13.5. The number of rotatable bonds is 6. The average molecular weight is 410 g/mol. The summed E-state index contributed by atoms with van der Waals surface area (Å²) in [7, 11) is -4.11. The number of primary sulfonamides is 1. The van der Waals surface area contributed by atoms with E-state index in [4.69, 9.17) is 16.1 Å². The maximum atomic E-state index is 12.3. The van der Waals surface area contributed by atoms with Gasteiger partial charge in [-0.05, 0) is 29.3 Å². The fourth-order valence-electron chi connectivity index (χ4n) is 2.71. The minimum absolute atomic E-state index is 0.113. The van der Waals surface area contributed by atoms with Gasteiger partial charge in [0.25, 0.3) is 0 Å². The third-order valence-electron chi connectivity index (χ3n) is 4.13. The molecule has 10 heteroatoms. The van der Waals surface area contributed by atoms with Crippen molar-refractivity contribution >= 4 is 21.6 Å². The molecule has 0 atom stereocenters. The van der Waals surface area contributed by atoms with Gasteiger partial charge < -0.3 is 11.1 Å². The summed E-state index contributed by atoms with van der Waals surface area (Å²) in [5.74, 6) is -0.315. The van der Waals surface area contributed by atoms with E-state index in [1.165, 1.54) is 35.3 Å². The number of aromatic nitrogens is 2. The summed E-state index contributed by atoms with van der Waals surface area (Å²) < 4.78 is 25.3. The maximum absolute atomic E-state index is 12.3. The first-order valence-electron chi connectivity index (χ1n) is 8.50. The molecule has 0 aliphatic carbocycles. The summed E-state index contributed by atoms with van der Waals surface area (Å²) >= 11 is 0. The van der Waals surface area contributed by atoms with Crippen LogP contribution in [-0.4, -0.2) is 24.1 Å². The van der Waals surface area contributed by atoms with E-state index < -0.39 is 10.0 Å². The van der Waals surface area contributed by atoms with Gasteiger partial charge in [0.15, 0.2) is 0 Å². The zero-order chi connectivity index (χ0) is 21.0. The number of amides is 1. The number of nitrogens with two attached hydrogens (primary N) is 2. The lowest BCUT2D eigenvalue weighted by Crippen LogP contribution is -2.18. The van der Waals surface area contributed by atoms with Crippen molar-refractivity contribution in [2.45, 2.75) is 17.9 Å². The van der Waals surface area contributed by atoms with Crippen LogP contribution in [0.1, 0.15) is 16.7 Å². The number of nitrogens with one attached hydrogen (secondary N) is 1. The number of hydrogen-bond acceptors (Lipinski definition) is 6. The second-order valence-corrected chi connectivity index (χ2v) is 7.79. The van der Waals surface area contributed by atoms with Crippen LogP contribution in [0.4, 0.5) is 5.69 Å². The molecule has 0 radical (unpaired) electrons. The number of sulfonamides is 1. The molecule has 5 N–H and O–H groups in total. The summed E-state index contributed by atoms with van der Waals surface area (Å²) in [5, 5.41) is 20.9. The Morgan fingerprint density at radius 1 is 1.17 bits per heavy atom. The van der Waals surface area contributed by atoms with Gasteiger partial charge in [-0.2, -0.15) is 10.4 Å². The number of carbonyl (C=O) groups is 1. The lowest BCUT2D eigenvalue weighted by atomic mass is 10.1. The minimum Gasteiger partial charge on any atom is -0.326 e. The van der Waals surface area contributed by atoms with E-state index in [0.29, 0.717) is 6.54 Å². The SMILES string of the molecule is N#Cc1cnn(-c2ccc(NC(=O)Cc3ccc(CN)cc3)cc2S(N)(=O)=O)c1. The molecule has 3 aromatic rings. The first kappa shape index (κ1) is 20.2. The molecule has 1 aromatic heterocycles. The molecule has 3 rings (SSSR count). The molecule has 1 amide bonds. The molecular formula is C19H18N6O3S. The van der Waals surface area contributed by atoms with Crippen LogP contribution >= 0.6 is 0 Å². The maximum Gasteiger partial charge on any atom is 0.240 e. The standard InChI is InChI=1S/C19H18N6O3S/c20-9-14-3-1-13(2-4-14)7-19(26)24-16-5-6-17(18(8-16)29(22,27)28)25-12-15(10-21)11-23-25/h1-6,8,11-12H,7,9,20H2,(H,24,26)(H2,22,27,28). The summed E-state index contributed by atoms with van der Waals surface area (Å²) in [4.78, 5) is 12.1. The normalized spacial score (nSPS) is 11.1. The molecule has 0 saturated heterocycles. The van der Waals surface area contributed by atoms with E-state index in [9.17, 15) is 13.2 Å². The quantitative estimate of drug-likeness (QED) is 0.551. The predicted octanol–water partition coefficient (Wildman–Crippen LogP) is 1.03. The molecule has 0 aliphatic heterocycles. The molecule has 29 heavy (non-hydrogen) atoms. The van der Waals surface area contributed by atoms with Gasteiger partial charge in [0.2, 0.25) is 15.9 Å². The molecule has 2 aromatic carbocycles. The fourth-order valence-corrected chi connectivity index (χ4v) is 3.45. The van der Waals surface area contributed by atoms with Crippen molar-refractivity contribution in [1.29, 1.82) is 5.26 Å². The first-order valence-corrected chi connectivity index (χ1v) is 10.0. The van der Waals surface area contributed by atoms with Gasteiger partial charge in [0.05, 0.1) is 23.9 Å². The third kappa shape index (κ3) is 4.85. The van der Waals surface area contributed by atoms with Crippen molar-refractivity contribution in [2.24, 2.45) is 10.9 Å². The number of nitriles is 1. The lowest BCUT2D eigenvalue weighted by Gasteiger charge is -2.11. The predicted molar refractivity (Wildman–Crippen MR) is 106 cm³/mol. The smallest absolute Gasteiger partial charge is 0.240 e. The highest BCUT2D eigenvalue weighted by atomic mass is 32.2. The molecular weight excluding hydrogens is 392 g/mol. The summed E-state index contributed by atoms with van der Waals surface area (Å²) in [6.07, 6.45) is 2.80. The second-order valence-electron chi connectivity index (χ2n) is 6.26. The largest absolute Gasteiger partial charge is 0.326 e. The lowest BCUT2D eigenvalue weighted by molar-refractivity contribution is -0.115. The van der Waals surface area contributed by atoms with Crippen molar-refractivity contribution in [3.05, 3.63) is 71.5 Å². The van der Waals surface area contributed by atoms with Gasteiger partial charge in [-0.1, -0.05) is 24.3 Å². The topological polar surface area (TPSA) is 157 Å². The van der Waals surface area contributed by atoms with Gasteiger partial charge in [-0.25, -0.2) is 18.2 Å². The number of carbonyl (C=O) groups excluding carboxylic acids is 1. The van der Waals surface area contributed by atoms with E-state index in [1.807, 2.05) is 30.3 Å². The monoisotopic (exact) mass is 410 g/mol. The number of hydrogen-bond donors (Lipinski definition) is 3. The van der Waals surface area contributed by atoms with Crippen molar-refractivity contribution in [3.8, 4) is 11.8 Å². The van der Waals surface area contributed by atoms with Gasteiger partial charge in [-0.3, -0.25) is 4.79 Å². The van der Waals surface area contributed by atoms with Gasteiger partial charge in [0.1, 0.15) is 11.0 Å². The number of anilines is 1. The summed E-state index contributed by atoms with van der Waals surface area (Å²) in [5.41, 5.74) is 8.02. The fraction of sp³-hybridized carbons (Fsp3) is 0.105. The average Bonchev–Trinajstić information content (AvgIpc) is 3.17. The highest BCUT2D eigenvalue weighted by Gasteiger charge is 2.18. The van der Waals surface area contributed by atoms with Crippen LogP contribution in [0.25, 0.3) is 5.69 Å². The molecule has 0 fully saturated rings. The van der Waals surface area contributed by atoms with Crippen LogP contribution < -0.4 is 16.2 Å². The van der Waals surface area contributed by atoms with Crippen LogP contribution in [0.2, 0.25) is 0 Å². The Morgan fingerprint density at radius 2 is 1.86 bits per heavy atom. The van der Waals surface area contributed by atoms with Crippen LogP contribution in [-0.2, 0) is 27.8 Å². The van der Waals surface area contributed by atoms with Crippen LogP contribution in [0.5, 0.6) is 0 Å². The van der Waals surface area contributed by atoms with Crippen LogP contribution in [0.15, 0.2) is 59.8 Å². The van der Waals surface area contributed by atoms with E-state index in [1.54, 1.807) is 0 Å². The molecule has 1 heterocycles. The minimum atomic E-state index is -4.11. The van der Waals surface area contributed by atoms with Crippen LogP contribution in [0, 0.1) is 11.3 Å². The molecule has 9 nitrogen and oxygen atoms in total. The Kier molecular flexibility index (Phi) is 5.74. The Hall–Kier alpha value is -3.52. The van der Waals surface area contributed by atoms with Gasteiger partial charge >= 0.3 is 0 Å². The Labute approximate surface area is 167 Å². The van der Waals surface area contributed by atoms with Gasteiger partial charge in [-0.15, -0.1) is 0 Å². The van der Waals surface area contributed by atoms with E-state index in [2.05, 4.69) is 10.4 Å². The third-order valence-corrected chi connectivity index (χ3v) is 5.07. The zero-order valence-corrected chi connectivity index (χ0v) is 16.1. The second kappa shape index (κ2) is 8.24. The van der Waals surface area contributed by atoms with Crippen molar-refractivity contribution in [3.63, 3.8) is 0 Å². The van der Waals surface area contributed by atoms with Crippen molar-refractivity contribution in [1.82, 2.24) is 9.78 Å². The molecule has 0 spiro atoms. The van der Waals surface area contributed by atoms with Crippen molar-refractivity contribution < 1.29 is 13.2 Å².